The van der Waals surface area contributed by atoms with Gasteiger partial charge in [0.15, 0.2) is 0 Å². The summed E-state index contributed by atoms with van der Waals surface area (Å²) in [5.41, 5.74) is -0.310. The van der Waals surface area contributed by atoms with Crippen LogP contribution in [0.3, 0.4) is 0 Å². The lowest BCUT2D eigenvalue weighted by Gasteiger charge is -2.37. The first kappa shape index (κ1) is 15.4. The molecule has 20 heavy (non-hydrogen) atoms. The van der Waals surface area contributed by atoms with Crippen molar-refractivity contribution in [2.45, 2.75) is 50.7 Å². The molecular weight excluding hydrogens is 258 g/mol. The Labute approximate surface area is 120 Å². The number of hydrogen-bond acceptors (Lipinski definition) is 6. The zero-order valence-electron chi connectivity index (χ0n) is 12.6. The van der Waals surface area contributed by atoms with Gasteiger partial charge in [-0.05, 0) is 32.2 Å². The third-order valence-corrected chi connectivity index (χ3v) is 3.90. The Balaban J connectivity index is 1.96. The topological polar surface area (TPSA) is 69.4 Å². The van der Waals surface area contributed by atoms with Gasteiger partial charge in [-0.1, -0.05) is 12.1 Å². The lowest BCUT2D eigenvalue weighted by Crippen LogP contribution is -2.37. The van der Waals surface area contributed by atoms with Crippen LogP contribution < -0.4 is 5.32 Å². The second kappa shape index (κ2) is 7.15. The minimum Gasteiger partial charge on any atom is -0.383 e. The Kier molecular flexibility index (Phi) is 5.51. The average Bonchev–Trinajstić information content (AvgIpc) is 2.84. The van der Waals surface area contributed by atoms with E-state index in [-0.39, 0.29) is 11.6 Å². The average molecular weight is 283 g/mol. The van der Waals surface area contributed by atoms with E-state index in [0.717, 1.165) is 32.2 Å². The van der Waals surface area contributed by atoms with Gasteiger partial charge in [0.05, 0.1) is 6.61 Å². The summed E-state index contributed by atoms with van der Waals surface area (Å²) in [4.78, 5) is 4.51. The van der Waals surface area contributed by atoms with Gasteiger partial charge < -0.3 is 19.3 Å². The Morgan fingerprint density at radius 1 is 1.40 bits per heavy atom. The fourth-order valence-corrected chi connectivity index (χ4v) is 2.49. The molecule has 0 amide bonds. The maximum absolute atomic E-state index is 5.57. The molecule has 1 unspecified atom stereocenters. The first-order valence-electron chi connectivity index (χ1n) is 7.34. The van der Waals surface area contributed by atoms with Crippen LogP contribution in [0.4, 0.5) is 0 Å². The first-order chi connectivity index (χ1) is 9.74. The molecule has 1 saturated carbocycles. The second-order valence-electron chi connectivity index (χ2n) is 5.37. The van der Waals surface area contributed by atoms with Crippen LogP contribution in [-0.2, 0) is 21.5 Å². The van der Waals surface area contributed by atoms with Crippen LogP contribution in [-0.4, -0.2) is 43.6 Å². The summed E-state index contributed by atoms with van der Waals surface area (Å²) in [6, 6.07) is 0.202. The highest BCUT2D eigenvalue weighted by Gasteiger charge is 2.43. The Morgan fingerprint density at radius 2 is 2.20 bits per heavy atom. The van der Waals surface area contributed by atoms with Crippen molar-refractivity contribution in [1.29, 1.82) is 0 Å². The van der Waals surface area contributed by atoms with Gasteiger partial charge in [-0.25, -0.2) is 0 Å². The lowest BCUT2D eigenvalue weighted by atomic mass is 9.79. The Bertz CT molecular complexity index is 399. The van der Waals surface area contributed by atoms with E-state index in [4.69, 9.17) is 14.0 Å². The number of aromatic nitrogens is 2. The summed E-state index contributed by atoms with van der Waals surface area (Å²) in [7, 11) is 3.42. The van der Waals surface area contributed by atoms with Gasteiger partial charge in [-0.2, -0.15) is 4.98 Å². The lowest BCUT2D eigenvalue weighted by molar-refractivity contribution is -0.0858. The molecule has 0 aromatic carbocycles. The van der Waals surface area contributed by atoms with Crippen molar-refractivity contribution in [3.05, 3.63) is 11.7 Å². The first-order valence-corrected chi connectivity index (χ1v) is 7.34. The summed E-state index contributed by atoms with van der Waals surface area (Å²) >= 11 is 0. The van der Waals surface area contributed by atoms with Gasteiger partial charge in [0, 0.05) is 26.7 Å². The van der Waals surface area contributed by atoms with Crippen molar-refractivity contribution in [3.8, 4) is 0 Å². The van der Waals surface area contributed by atoms with Crippen molar-refractivity contribution < 1.29 is 14.0 Å². The third kappa shape index (κ3) is 3.37. The molecule has 1 heterocycles. The smallest absolute Gasteiger partial charge is 0.228 e. The van der Waals surface area contributed by atoms with Crippen LogP contribution in [0.5, 0.6) is 0 Å². The molecule has 2 rings (SSSR count). The quantitative estimate of drug-likeness (QED) is 0.743. The van der Waals surface area contributed by atoms with E-state index in [2.05, 4.69) is 22.4 Å². The molecule has 0 saturated heterocycles. The van der Waals surface area contributed by atoms with E-state index in [9.17, 15) is 0 Å². The van der Waals surface area contributed by atoms with Gasteiger partial charge in [0.1, 0.15) is 5.60 Å². The fourth-order valence-electron chi connectivity index (χ4n) is 2.49. The molecule has 0 radical (unpaired) electrons. The molecule has 1 aliphatic carbocycles. The molecule has 1 aromatic heterocycles. The standard InChI is InChI=1S/C14H25N3O3/c1-4-8-15-11(10-18-2)9-12-16-13(17-20-12)14(19-3)6-5-7-14/h11,15H,4-10H2,1-3H3. The van der Waals surface area contributed by atoms with E-state index < -0.39 is 0 Å². The fraction of sp³-hybridized carbons (Fsp3) is 0.857. The number of methoxy groups -OCH3 is 2. The van der Waals surface area contributed by atoms with Crippen LogP contribution in [0.25, 0.3) is 0 Å². The highest BCUT2D eigenvalue weighted by atomic mass is 16.5. The van der Waals surface area contributed by atoms with Gasteiger partial charge in [-0.3, -0.25) is 0 Å². The highest BCUT2D eigenvalue weighted by molar-refractivity contribution is 5.07. The number of rotatable bonds is 9. The predicted molar refractivity (Wildman–Crippen MR) is 74.5 cm³/mol. The summed E-state index contributed by atoms with van der Waals surface area (Å²) in [5.74, 6) is 1.34. The maximum Gasteiger partial charge on any atom is 0.228 e. The molecule has 1 atom stereocenters. The van der Waals surface area contributed by atoms with Gasteiger partial charge in [0.2, 0.25) is 11.7 Å². The monoisotopic (exact) mass is 283 g/mol. The van der Waals surface area contributed by atoms with Crippen molar-refractivity contribution in [1.82, 2.24) is 15.5 Å². The second-order valence-corrected chi connectivity index (χ2v) is 5.37. The molecular formula is C14H25N3O3. The zero-order valence-corrected chi connectivity index (χ0v) is 12.6. The van der Waals surface area contributed by atoms with E-state index >= 15 is 0 Å². The van der Waals surface area contributed by atoms with Crippen molar-refractivity contribution in [3.63, 3.8) is 0 Å². The summed E-state index contributed by atoms with van der Waals surface area (Å²) in [5, 5.41) is 7.52. The molecule has 1 aromatic rings. The van der Waals surface area contributed by atoms with Crippen LogP contribution >= 0.6 is 0 Å². The Morgan fingerprint density at radius 3 is 2.75 bits per heavy atom. The molecule has 6 nitrogen and oxygen atoms in total. The molecule has 6 heteroatoms. The van der Waals surface area contributed by atoms with Gasteiger partial charge in [0.25, 0.3) is 0 Å². The van der Waals surface area contributed by atoms with E-state index in [1.807, 2.05) is 0 Å². The molecule has 0 spiro atoms. The van der Waals surface area contributed by atoms with E-state index in [1.165, 1.54) is 0 Å². The van der Waals surface area contributed by atoms with Gasteiger partial charge in [-0.15, -0.1) is 0 Å². The number of nitrogens with one attached hydrogen (secondary N) is 1. The summed E-state index contributed by atoms with van der Waals surface area (Å²) < 4.78 is 16.2. The molecule has 114 valence electrons. The largest absolute Gasteiger partial charge is 0.383 e. The number of ether oxygens (including phenoxy) is 2. The third-order valence-electron chi connectivity index (χ3n) is 3.90. The van der Waals surface area contributed by atoms with Crippen LogP contribution in [0.15, 0.2) is 4.52 Å². The minimum absolute atomic E-state index is 0.202. The van der Waals surface area contributed by atoms with E-state index in [1.54, 1.807) is 14.2 Å². The maximum atomic E-state index is 5.57. The molecule has 1 fully saturated rings. The molecule has 1 aliphatic rings. The van der Waals surface area contributed by atoms with Crippen molar-refractivity contribution >= 4 is 0 Å². The number of nitrogens with zero attached hydrogens (tertiary/aromatic N) is 2. The van der Waals surface area contributed by atoms with Crippen LogP contribution in [0.2, 0.25) is 0 Å². The molecule has 1 N–H and O–H groups in total. The van der Waals surface area contributed by atoms with Gasteiger partial charge >= 0.3 is 0 Å². The predicted octanol–water partition coefficient (Wildman–Crippen LogP) is 1.65. The van der Waals surface area contributed by atoms with Crippen molar-refractivity contribution in [2.75, 3.05) is 27.4 Å². The normalized spacial score (nSPS) is 18.8. The summed E-state index contributed by atoms with van der Waals surface area (Å²) in [6.45, 7) is 3.73. The van der Waals surface area contributed by atoms with Crippen molar-refractivity contribution in [2.24, 2.45) is 0 Å². The Hall–Kier alpha value is -0.980. The summed E-state index contributed by atoms with van der Waals surface area (Å²) in [6.07, 6.45) is 4.86. The SMILES string of the molecule is CCCNC(COC)Cc1nc(C2(OC)CCC2)no1. The highest BCUT2D eigenvalue weighted by Crippen LogP contribution is 2.42. The molecule has 0 aliphatic heterocycles. The molecule has 0 bridgehead atoms. The number of hydrogen-bond donors (Lipinski definition) is 1. The van der Waals surface area contributed by atoms with Crippen LogP contribution in [0, 0.1) is 0 Å². The minimum atomic E-state index is -0.310. The van der Waals surface area contributed by atoms with Crippen LogP contribution in [0.1, 0.15) is 44.3 Å². The zero-order chi connectivity index (χ0) is 14.4. The van der Waals surface area contributed by atoms with E-state index in [0.29, 0.717) is 24.7 Å².